The molecule has 4 aromatic carbocycles. The molecular weight excluding hydrogens is 360 g/mol. The molecule has 1 N–H and O–H groups in total. The van der Waals surface area contributed by atoms with Crippen LogP contribution < -0.4 is 10.2 Å². The molecule has 0 saturated heterocycles. The lowest BCUT2D eigenvalue weighted by molar-refractivity contribution is 0.0989. The van der Waals surface area contributed by atoms with Crippen LogP contribution in [-0.2, 0) is 6.54 Å². The Bertz CT molecular complexity index is 1230. The molecule has 5 rings (SSSR count). The third-order valence-electron chi connectivity index (χ3n) is 5.24. The predicted molar refractivity (Wildman–Crippen MR) is 115 cm³/mol. The maximum atomic E-state index is 12.9. The lowest BCUT2D eigenvalue weighted by Gasteiger charge is -2.18. The molecular formula is C25H18N2O2. The molecule has 1 heterocycles. The third-order valence-corrected chi connectivity index (χ3v) is 5.24. The van der Waals surface area contributed by atoms with E-state index in [0.717, 1.165) is 33.3 Å². The summed E-state index contributed by atoms with van der Waals surface area (Å²) in [5.41, 5.74) is 4.00. The third kappa shape index (κ3) is 3.05. The van der Waals surface area contributed by atoms with Crippen LogP contribution in [0.4, 0.5) is 11.4 Å². The van der Waals surface area contributed by atoms with Crippen LogP contribution in [0.15, 0.2) is 91.0 Å². The normalized spacial score (nSPS) is 12.4. The highest BCUT2D eigenvalue weighted by Crippen LogP contribution is 2.37. The van der Waals surface area contributed by atoms with Gasteiger partial charge in [0.05, 0.1) is 12.2 Å². The van der Waals surface area contributed by atoms with Crippen molar-refractivity contribution in [3.05, 3.63) is 108 Å². The van der Waals surface area contributed by atoms with E-state index in [-0.39, 0.29) is 11.8 Å². The number of anilines is 2. The van der Waals surface area contributed by atoms with E-state index in [1.54, 1.807) is 17.0 Å². The summed E-state index contributed by atoms with van der Waals surface area (Å²) in [6, 6.07) is 28.6. The Hall–Kier alpha value is -3.92. The van der Waals surface area contributed by atoms with Gasteiger partial charge in [0.2, 0.25) is 0 Å². The zero-order valence-corrected chi connectivity index (χ0v) is 15.6. The van der Waals surface area contributed by atoms with E-state index in [4.69, 9.17) is 0 Å². The number of hydrogen-bond donors (Lipinski definition) is 1. The maximum Gasteiger partial charge on any atom is 0.259 e. The first kappa shape index (κ1) is 17.2. The van der Waals surface area contributed by atoms with Gasteiger partial charge in [0, 0.05) is 22.2 Å². The molecule has 29 heavy (non-hydrogen) atoms. The molecule has 0 unspecified atom stereocenters. The number of para-hydroxylation sites is 1. The Morgan fingerprint density at radius 3 is 2.28 bits per heavy atom. The zero-order chi connectivity index (χ0) is 19.8. The topological polar surface area (TPSA) is 49.4 Å². The number of hydrogen-bond acceptors (Lipinski definition) is 2. The number of nitrogens with zero attached hydrogens (tertiary/aromatic N) is 1. The quantitative estimate of drug-likeness (QED) is 0.527. The molecule has 4 heteroatoms. The van der Waals surface area contributed by atoms with Crippen molar-refractivity contribution in [1.82, 2.24) is 0 Å². The molecule has 1 aliphatic rings. The second-order valence-corrected chi connectivity index (χ2v) is 7.09. The van der Waals surface area contributed by atoms with Crippen LogP contribution in [0.2, 0.25) is 0 Å². The molecule has 2 amide bonds. The van der Waals surface area contributed by atoms with Crippen molar-refractivity contribution >= 4 is 34.0 Å². The van der Waals surface area contributed by atoms with E-state index >= 15 is 0 Å². The summed E-state index contributed by atoms with van der Waals surface area (Å²) in [6.07, 6.45) is 0. The number of amides is 2. The largest absolute Gasteiger partial charge is 0.322 e. The summed E-state index contributed by atoms with van der Waals surface area (Å²) in [4.78, 5) is 27.1. The average Bonchev–Trinajstić information content (AvgIpc) is 3.03. The fraction of sp³-hybridized carbons (Fsp3) is 0.0400. The van der Waals surface area contributed by atoms with Crippen molar-refractivity contribution in [2.45, 2.75) is 6.54 Å². The van der Waals surface area contributed by atoms with Gasteiger partial charge in [0.25, 0.3) is 11.8 Å². The van der Waals surface area contributed by atoms with Crippen LogP contribution in [0.25, 0.3) is 10.8 Å². The molecule has 0 bridgehead atoms. The molecule has 4 nitrogen and oxygen atoms in total. The highest BCUT2D eigenvalue weighted by atomic mass is 16.2. The fourth-order valence-electron chi connectivity index (χ4n) is 3.80. The van der Waals surface area contributed by atoms with Gasteiger partial charge in [0.15, 0.2) is 0 Å². The van der Waals surface area contributed by atoms with Crippen LogP contribution in [0.1, 0.15) is 26.3 Å². The minimum Gasteiger partial charge on any atom is -0.322 e. The fourth-order valence-corrected chi connectivity index (χ4v) is 3.80. The van der Waals surface area contributed by atoms with E-state index in [0.29, 0.717) is 12.1 Å². The van der Waals surface area contributed by atoms with Crippen LogP contribution in [0.5, 0.6) is 0 Å². The van der Waals surface area contributed by atoms with Crippen LogP contribution in [0.3, 0.4) is 0 Å². The molecule has 0 saturated carbocycles. The molecule has 0 spiro atoms. The Morgan fingerprint density at radius 2 is 1.52 bits per heavy atom. The van der Waals surface area contributed by atoms with Crippen molar-refractivity contribution in [2.24, 2.45) is 0 Å². The number of carbonyl (C=O) groups excluding carboxylic acids is 2. The number of benzene rings is 4. The van der Waals surface area contributed by atoms with Crippen molar-refractivity contribution < 1.29 is 9.59 Å². The minimum atomic E-state index is -0.155. The smallest absolute Gasteiger partial charge is 0.259 e. The van der Waals surface area contributed by atoms with Gasteiger partial charge in [-0.25, -0.2) is 0 Å². The van der Waals surface area contributed by atoms with E-state index in [9.17, 15) is 9.59 Å². The molecule has 0 aliphatic carbocycles. The summed E-state index contributed by atoms with van der Waals surface area (Å²) in [7, 11) is 0. The van der Waals surface area contributed by atoms with Crippen LogP contribution in [-0.4, -0.2) is 11.8 Å². The highest BCUT2D eigenvalue weighted by molar-refractivity contribution is 6.24. The number of nitrogens with one attached hydrogen (secondary N) is 1. The Morgan fingerprint density at radius 1 is 0.793 bits per heavy atom. The molecule has 1 aliphatic heterocycles. The van der Waals surface area contributed by atoms with Gasteiger partial charge in [-0.15, -0.1) is 0 Å². The highest BCUT2D eigenvalue weighted by Gasteiger charge is 2.29. The van der Waals surface area contributed by atoms with E-state index in [1.807, 2.05) is 78.9 Å². The number of carbonyl (C=O) groups is 2. The van der Waals surface area contributed by atoms with Gasteiger partial charge in [0.1, 0.15) is 0 Å². The summed E-state index contributed by atoms with van der Waals surface area (Å²) < 4.78 is 0. The Labute approximate surface area is 168 Å². The van der Waals surface area contributed by atoms with Crippen molar-refractivity contribution in [2.75, 3.05) is 10.2 Å². The summed E-state index contributed by atoms with van der Waals surface area (Å²) >= 11 is 0. The molecule has 140 valence electrons. The first-order valence-electron chi connectivity index (χ1n) is 9.50. The van der Waals surface area contributed by atoms with Gasteiger partial charge >= 0.3 is 0 Å². The standard InChI is InChI=1S/C25H18N2O2/c28-24(26-20-8-2-1-3-9-20)19-14-12-17(13-15-19)16-27-22-11-5-7-18-6-4-10-21(23(18)22)25(27)29/h1-15H,16H2,(H,26,28). The van der Waals surface area contributed by atoms with E-state index in [2.05, 4.69) is 5.32 Å². The average molecular weight is 378 g/mol. The molecule has 0 atom stereocenters. The summed E-state index contributed by atoms with van der Waals surface area (Å²) in [6.45, 7) is 0.465. The lowest BCUT2D eigenvalue weighted by Crippen LogP contribution is -2.26. The summed E-state index contributed by atoms with van der Waals surface area (Å²) in [5, 5.41) is 4.97. The van der Waals surface area contributed by atoms with Crippen molar-refractivity contribution in [3.63, 3.8) is 0 Å². The molecule has 4 aromatic rings. The first-order chi connectivity index (χ1) is 14.2. The van der Waals surface area contributed by atoms with Gasteiger partial charge in [-0.2, -0.15) is 0 Å². The van der Waals surface area contributed by atoms with Crippen molar-refractivity contribution in [3.8, 4) is 0 Å². The van der Waals surface area contributed by atoms with Gasteiger partial charge in [-0.1, -0.05) is 54.6 Å². The number of rotatable bonds is 4. The Kier molecular flexibility index (Phi) is 4.10. The van der Waals surface area contributed by atoms with Gasteiger partial charge in [-0.3, -0.25) is 9.59 Å². The maximum absolute atomic E-state index is 12.9. The Balaban J connectivity index is 1.36. The van der Waals surface area contributed by atoms with Crippen LogP contribution >= 0.6 is 0 Å². The minimum absolute atomic E-state index is 0.0164. The molecule has 0 radical (unpaired) electrons. The zero-order valence-electron chi connectivity index (χ0n) is 15.6. The molecule has 0 fully saturated rings. The lowest BCUT2D eigenvalue weighted by atomic mass is 10.1. The SMILES string of the molecule is O=C(Nc1ccccc1)c1ccc(CN2C(=O)c3cccc4cccc2c34)cc1. The summed E-state index contributed by atoms with van der Waals surface area (Å²) in [5.74, 6) is -0.139. The van der Waals surface area contributed by atoms with Crippen LogP contribution in [0, 0.1) is 0 Å². The second kappa shape index (κ2) is 6.91. The van der Waals surface area contributed by atoms with E-state index < -0.39 is 0 Å². The van der Waals surface area contributed by atoms with Gasteiger partial charge < -0.3 is 10.2 Å². The van der Waals surface area contributed by atoms with E-state index in [1.165, 1.54) is 0 Å². The first-order valence-corrected chi connectivity index (χ1v) is 9.50. The predicted octanol–water partition coefficient (Wildman–Crippen LogP) is 5.25. The second-order valence-electron chi connectivity index (χ2n) is 7.09. The van der Waals surface area contributed by atoms with Crippen molar-refractivity contribution in [1.29, 1.82) is 0 Å². The van der Waals surface area contributed by atoms with Gasteiger partial charge in [-0.05, 0) is 47.3 Å². The monoisotopic (exact) mass is 378 g/mol. The molecule has 0 aromatic heterocycles.